The van der Waals surface area contributed by atoms with E-state index in [1.54, 1.807) is 18.2 Å². The maximum absolute atomic E-state index is 11.5. The van der Waals surface area contributed by atoms with Crippen LogP contribution in [-0.2, 0) is 20.2 Å². The summed E-state index contributed by atoms with van der Waals surface area (Å²) in [6, 6.07) is 9.02. The average molecular weight is 344 g/mol. The Balaban J connectivity index is 2.87. The molecule has 0 fully saturated rings. The van der Waals surface area contributed by atoms with Gasteiger partial charge in [-0.15, -0.1) is 0 Å². The number of hydrogen-bond acceptors (Lipinski definition) is 5. The van der Waals surface area contributed by atoms with Crippen molar-refractivity contribution in [2.24, 2.45) is 0 Å². The number of rotatable bonds is 4. The zero-order valence-electron chi connectivity index (χ0n) is 11.3. The van der Waals surface area contributed by atoms with E-state index in [9.17, 15) is 21.4 Å². The van der Waals surface area contributed by atoms with Gasteiger partial charge in [-0.1, -0.05) is 18.2 Å². The van der Waals surface area contributed by atoms with Crippen LogP contribution in [0.5, 0.6) is 5.75 Å². The summed E-state index contributed by atoms with van der Waals surface area (Å²) in [6.45, 7) is 0. The molecule has 2 aromatic rings. The van der Waals surface area contributed by atoms with Crippen LogP contribution in [0, 0.1) is 0 Å². The lowest BCUT2D eigenvalue weighted by molar-refractivity contribution is 0.416. The Morgan fingerprint density at radius 1 is 0.864 bits per heavy atom. The Labute approximate surface area is 127 Å². The lowest BCUT2D eigenvalue weighted by Gasteiger charge is -2.12. The largest absolute Gasteiger partial charge is 0.496 e. The monoisotopic (exact) mass is 344 g/mol. The van der Waals surface area contributed by atoms with Gasteiger partial charge in [-0.3, -0.25) is 9.11 Å². The van der Waals surface area contributed by atoms with Crippen LogP contribution in [0.3, 0.4) is 0 Å². The Bertz CT molecular complexity index is 915. The second-order valence-electron chi connectivity index (χ2n) is 4.31. The molecule has 0 aromatic heterocycles. The van der Waals surface area contributed by atoms with Crippen molar-refractivity contribution in [2.45, 2.75) is 9.79 Å². The highest BCUT2D eigenvalue weighted by Crippen LogP contribution is 2.35. The molecule has 0 unspecified atom stereocenters. The maximum Gasteiger partial charge on any atom is 0.295 e. The topological polar surface area (TPSA) is 118 Å². The molecular weight excluding hydrogens is 332 g/mol. The summed E-state index contributed by atoms with van der Waals surface area (Å²) in [7, 11) is -7.77. The van der Waals surface area contributed by atoms with Crippen LogP contribution >= 0.6 is 0 Å². The van der Waals surface area contributed by atoms with Gasteiger partial charge in [0, 0.05) is 11.1 Å². The van der Waals surface area contributed by atoms with Gasteiger partial charge in [0.2, 0.25) is 0 Å². The first kappa shape index (κ1) is 16.4. The summed E-state index contributed by atoms with van der Waals surface area (Å²) in [5.74, 6) is 0.278. The third kappa shape index (κ3) is 3.28. The quantitative estimate of drug-likeness (QED) is 0.813. The minimum Gasteiger partial charge on any atom is -0.496 e. The average Bonchev–Trinajstić information content (AvgIpc) is 2.44. The molecule has 0 heterocycles. The van der Waals surface area contributed by atoms with Crippen molar-refractivity contribution in [3.05, 3.63) is 42.5 Å². The summed E-state index contributed by atoms with van der Waals surface area (Å²) in [6.07, 6.45) is 0. The fraction of sp³-hybridized carbons (Fsp3) is 0.0769. The number of para-hydroxylation sites is 1. The van der Waals surface area contributed by atoms with Crippen molar-refractivity contribution in [3.63, 3.8) is 0 Å². The first-order valence-electron chi connectivity index (χ1n) is 5.87. The summed E-state index contributed by atoms with van der Waals surface area (Å²) < 4.78 is 69.0. The van der Waals surface area contributed by atoms with Crippen molar-refractivity contribution >= 4 is 20.2 Å². The summed E-state index contributed by atoms with van der Waals surface area (Å²) in [5.41, 5.74) is 0.151. The van der Waals surface area contributed by atoms with Gasteiger partial charge < -0.3 is 4.74 Å². The van der Waals surface area contributed by atoms with Crippen molar-refractivity contribution in [1.29, 1.82) is 0 Å². The van der Waals surface area contributed by atoms with Gasteiger partial charge in [-0.25, -0.2) is 0 Å². The first-order valence-corrected chi connectivity index (χ1v) is 8.75. The highest BCUT2D eigenvalue weighted by Gasteiger charge is 2.22. The van der Waals surface area contributed by atoms with E-state index in [1.165, 1.54) is 13.2 Å². The molecule has 0 bridgehead atoms. The molecule has 7 nitrogen and oxygen atoms in total. The minimum atomic E-state index is -4.60. The molecule has 0 aliphatic carbocycles. The van der Waals surface area contributed by atoms with E-state index in [4.69, 9.17) is 9.29 Å². The molecule has 2 rings (SSSR count). The van der Waals surface area contributed by atoms with Gasteiger partial charge in [0.25, 0.3) is 20.2 Å². The highest BCUT2D eigenvalue weighted by atomic mass is 32.2. The van der Waals surface area contributed by atoms with Crippen LogP contribution in [-0.4, -0.2) is 33.1 Å². The Morgan fingerprint density at radius 2 is 1.50 bits per heavy atom. The van der Waals surface area contributed by atoms with Crippen LogP contribution in [0.2, 0.25) is 0 Å². The molecule has 22 heavy (non-hydrogen) atoms. The van der Waals surface area contributed by atoms with Crippen LogP contribution in [0.25, 0.3) is 11.1 Å². The van der Waals surface area contributed by atoms with Gasteiger partial charge in [0.1, 0.15) is 10.6 Å². The first-order chi connectivity index (χ1) is 10.1. The van der Waals surface area contributed by atoms with E-state index in [2.05, 4.69) is 0 Å². The molecule has 0 saturated heterocycles. The van der Waals surface area contributed by atoms with Crippen molar-refractivity contribution in [1.82, 2.24) is 0 Å². The van der Waals surface area contributed by atoms with E-state index in [1.807, 2.05) is 0 Å². The van der Waals surface area contributed by atoms with Crippen molar-refractivity contribution in [2.75, 3.05) is 7.11 Å². The summed E-state index contributed by atoms with van der Waals surface area (Å²) in [4.78, 5) is -0.995. The van der Waals surface area contributed by atoms with Crippen LogP contribution in [0.4, 0.5) is 0 Å². The fourth-order valence-corrected chi connectivity index (χ4v) is 3.17. The lowest BCUT2D eigenvalue weighted by atomic mass is 10.0. The van der Waals surface area contributed by atoms with Gasteiger partial charge in [0.05, 0.1) is 12.0 Å². The summed E-state index contributed by atoms with van der Waals surface area (Å²) in [5, 5.41) is 0. The predicted molar refractivity (Wildman–Crippen MR) is 78.1 cm³/mol. The SMILES string of the molecule is COc1ccccc1-c1cc(S(=O)(=O)O)ccc1S(=O)(=O)O. The molecule has 0 radical (unpaired) electrons. The standard InChI is InChI=1S/C13H12O7S2/c1-20-12-5-3-2-4-10(12)11-8-9(21(14,15)16)6-7-13(11)22(17,18)19/h2-8H,1H3,(H,14,15,16)(H,17,18,19). The van der Waals surface area contributed by atoms with Crippen molar-refractivity contribution < 1.29 is 30.7 Å². The van der Waals surface area contributed by atoms with Gasteiger partial charge >= 0.3 is 0 Å². The molecule has 0 saturated carbocycles. The van der Waals surface area contributed by atoms with E-state index < -0.39 is 30.0 Å². The second kappa shape index (κ2) is 5.69. The molecule has 2 N–H and O–H groups in total. The maximum atomic E-state index is 11.5. The third-order valence-electron chi connectivity index (χ3n) is 2.92. The Hall–Kier alpha value is -1.94. The lowest BCUT2D eigenvalue weighted by Crippen LogP contribution is -2.05. The van der Waals surface area contributed by atoms with E-state index >= 15 is 0 Å². The number of benzene rings is 2. The Morgan fingerprint density at radius 3 is 2.05 bits per heavy atom. The molecule has 0 amide bonds. The van der Waals surface area contributed by atoms with E-state index in [0.29, 0.717) is 0 Å². The molecule has 0 aliphatic heterocycles. The van der Waals surface area contributed by atoms with Crippen LogP contribution in [0.15, 0.2) is 52.3 Å². The fourth-order valence-electron chi connectivity index (χ4n) is 1.97. The Kier molecular flexibility index (Phi) is 4.25. The summed E-state index contributed by atoms with van der Waals surface area (Å²) >= 11 is 0. The number of methoxy groups -OCH3 is 1. The van der Waals surface area contributed by atoms with Gasteiger partial charge in [-0.05, 0) is 24.3 Å². The van der Waals surface area contributed by atoms with Gasteiger partial charge in [-0.2, -0.15) is 16.8 Å². The zero-order chi connectivity index (χ0) is 16.5. The van der Waals surface area contributed by atoms with Crippen molar-refractivity contribution in [3.8, 4) is 16.9 Å². The molecule has 0 aliphatic rings. The van der Waals surface area contributed by atoms with E-state index in [-0.39, 0.29) is 16.9 Å². The highest BCUT2D eigenvalue weighted by molar-refractivity contribution is 7.86. The number of ether oxygens (including phenoxy) is 1. The van der Waals surface area contributed by atoms with Crippen LogP contribution in [0.1, 0.15) is 0 Å². The molecule has 0 atom stereocenters. The molecule has 118 valence electrons. The molecular formula is C13H12O7S2. The van der Waals surface area contributed by atoms with E-state index in [0.717, 1.165) is 18.2 Å². The number of hydrogen-bond donors (Lipinski definition) is 2. The second-order valence-corrected chi connectivity index (χ2v) is 7.12. The zero-order valence-corrected chi connectivity index (χ0v) is 12.9. The normalized spacial score (nSPS) is 12.1. The molecule has 9 heteroatoms. The predicted octanol–water partition coefficient (Wildman–Crippen LogP) is 1.86. The van der Waals surface area contributed by atoms with Crippen LogP contribution < -0.4 is 4.74 Å². The smallest absolute Gasteiger partial charge is 0.295 e. The molecule has 2 aromatic carbocycles. The third-order valence-corrected chi connectivity index (χ3v) is 4.69. The van der Waals surface area contributed by atoms with Gasteiger partial charge in [0.15, 0.2) is 0 Å². The molecule has 0 spiro atoms. The minimum absolute atomic E-state index is 0.102.